The van der Waals surface area contributed by atoms with Gasteiger partial charge >= 0.3 is 0 Å². The number of hydrogen-bond donors (Lipinski definition) is 1. The molecule has 0 heterocycles. The predicted octanol–water partition coefficient (Wildman–Crippen LogP) is 4.08. The summed E-state index contributed by atoms with van der Waals surface area (Å²) in [5.41, 5.74) is -1.04. The number of rotatable bonds is 9. The molecule has 0 spiro atoms. The highest BCUT2D eigenvalue weighted by molar-refractivity contribution is 7.91. The Bertz CT molecular complexity index is 1010. The monoisotopic (exact) mass is 445 g/mol. The lowest BCUT2D eigenvalue weighted by molar-refractivity contribution is 0.102. The summed E-state index contributed by atoms with van der Waals surface area (Å²) >= 11 is 0. The number of carbonyl (C=O) groups is 1. The molecule has 2 aromatic carbocycles. The van der Waals surface area contributed by atoms with Crippen molar-refractivity contribution in [3.8, 4) is 5.75 Å². The van der Waals surface area contributed by atoms with E-state index in [0.717, 1.165) is 24.3 Å². The number of halogens is 3. The van der Waals surface area contributed by atoms with E-state index < -0.39 is 33.6 Å². The summed E-state index contributed by atoms with van der Waals surface area (Å²) in [4.78, 5) is 12.6. The molecule has 0 aliphatic carbocycles. The van der Waals surface area contributed by atoms with Gasteiger partial charge in [-0.25, -0.2) is 21.6 Å². The first kappa shape index (κ1) is 23.7. The second kappa shape index (κ2) is 9.94. The van der Waals surface area contributed by atoms with Gasteiger partial charge in [0, 0.05) is 19.4 Å². The quantitative estimate of drug-likeness (QED) is 0.629. The third-order valence-electron chi connectivity index (χ3n) is 4.22. The van der Waals surface area contributed by atoms with Gasteiger partial charge < -0.3 is 14.8 Å². The molecular formula is C20H22F3NO5S. The van der Waals surface area contributed by atoms with Crippen molar-refractivity contribution in [3.63, 3.8) is 0 Å². The van der Waals surface area contributed by atoms with E-state index in [0.29, 0.717) is 0 Å². The molecule has 0 aliphatic heterocycles. The van der Waals surface area contributed by atoms with Crippen molar-refractivity contribution in [2.24, 2.45) is 5.92 Å². The summed E-state index contributed by atoms with van der Waals surface area (Å²) in [6.45, 7) is 1.97. The standard InChI is InChI=1S/C20H22F3NO5S/c1-12(10-28-2)11-30(26,27)14-5-7-18(29-3)16(9-14)20(25)24-13-4-6-17(21)15(8-13)19(22)23/h4-9,12,19H,10-11H2,1-3H3,(H,24,25)/t12-/m0/s1. The van der Waals surface area contributed by atoms with Crippen molar-refractivity contribution in [2.45, 2.75) is 18.2 Å². The maximum absolute atomic E-state index is 13.5. The molecule has 0 radical (unpaired) electrons. The van der Waals surface area contributed by atoms with E-state index in [1.165, 1.54) is 26.4 Å². The van der Waals surface area contributed by atoms with Crippen LogP contribution in [0, 0.1) is 11.7 Å². The van der Waals surface area contributed by atoms with Gasteiger partial charge in [-0.1, -0.05) is 6.92 Å². The fraction of sp³-hybridized carbons (Fsp3) is 0.350. The van der Waals surface area contributed by atoms with Gasteiger partial charge in [0.2, 0.25) is 0 Å². The third kappa shape index (κ3) is 5.73. The Morgan fingerprint density at radius 3 is 2.43 bits per heavy atom. The smallest absolute Gasteiger partial charge is 0.266 e. The number of ether oxygens (including phenoxy) is 2. The first-order valence-corrected chi connectivity index (χ1v) is 10.5. The van der Waals surface area contributed by atoms with Gasteiger partial charge in [0.05, 0.1) is 28.9 Å². The van der Waals surface area contributed by atoms with E-state index in [1.807, 2.05) is 0 Å². The summed E-state index contributed by atoms with van der Waals surface area (Å²) in [7, 11) is -0.958. The van der Waals surface area contributed by atoms with Gasteiger partial charge in [0.15, 0.2) is 9.84 Å². The summed E-state index contributed by atoms with van der Waals surface area (Å²) in [5, 5.41) is 2.36. The summed E-state index contributed by atoms with van der Waals surface area (Å²) in [6.07, 6.45) is -3.06. The van der Waals surface area contributed by atoms with E-state index in [1.54, 1.807) is 6.92 Å². The van der Waals surface area contributed by atoms with Gasteiger partial charge in [-0.15, -0.1) is 0 Å². The number of methoxy groups -OCH3 is 2. The van der Waals surface area contributed by atoms with Crippen LogP contribution in [0.3, 0.4) is 0 Å². The van der Waals surface area contributed by atoms with Crippen LogP contribution in [-0.4, -0.2) is 40.9 Å². The maximum atomic E-state index is 13.5. The Morgan fingerprint density at radius 1 is 1.13 bits per heavy atom. The third-order valence-corrected chi connectivity index (χ3v) is 6.20. The molecule has 164 valence electrons. The molecule has 1 N–H and O–H groups in total. The largest absolute Gasteiger partial charge is 0.496 e. The molecule has 0 saturated carbocycles. The Morgan fingerprint density at radius 2 is 1.83 bits per heavy atom. The fourth-order valence-corrected chi connectivity index (χ4v) is 4.46. The van der Waals surface area contributed by atoms with Gasteiger partial charge in [-0.05, 0) is 42.3 Å². The predicted molar refractivity (Wildman–Crippen MR) is 105 cm³/mol. The number of nitrogens with one attached hydrogen (secondary N) is 1. The molecule has 0 saturated heterocycles. The Balaban J connectivity index is 2.35. The molecule has 2 rings (SSSR count). The van der Waals surface area contributed by atoms with Crippen LogP contribution in [0.1, 0.15) is 29.3 Å². The molecule has 0 aliphatic rings. The van der Waals surface area contributed by atoms with Gasteiger partial charge in [0.25, 0.3) is 12.3 Å². The molecule has 2 aromatic rings. The number of amides is 1. The second-order valence-corrected chi connectivity index (χ2v) is 8.73. The topological polar surface area (TPSA) is 81.7 Å². The lowest BCUT2D eigenvalue weighted by Gasteiger charge is -2.14. The SMILES string of the molecule is COC[C@H](C)CS(=O)(=O)c1ccc(OC)c(C(=O)Nc2ccc(F)c(C(F)F)c2)c1. The van der Waals surface area contributed by atoms with Crippen LogP contribution < -0.4 is 10.1 Å². The number of benzene rings is 2. The average molecular weight is 445 g/mol. The molecule has 0 fully saturated rings. The molecule has 0 bridgehead atoms. The van der Waals surface area contributed by atoms with Crippen LogP contribution >= 0.6 is 0 Å². The first-order valence-electron chi connectivity index (χ1n) is 8.87. The highest BCUT2D eigenvalue weighted by atomic mass is 32.2. The molecule has 0 aromatic heterocycles. The molecule has 30 heavy (non-hydrogen) atoms. The Kier molecular flexibility index (Phi) is 7.85. The molecule has 1 amide bonds. The van der Waals surface area contributed by atoms with Crippen molar-refractivity contribution < 1.29 is 35.9 Å². The Hall–Kier alpha value is -2.59. The lowest BCUT2D eigenvalue weighted by Crippen LogP contribution is -2.19. The minimum absolute atomic E-state index is 0.0688. The number of carbonyl (C=O) groups excluding carboxylic acids is 1. The molecule has 10 heteroatoms. The normalized spacial score (nSPS) is 12.6. The summed E-state index contributed by atoms with van der Waals surface area (Å²) in [5.74, 6) is -2.26. The van der Waals surface area contributed by atoms with Crippen LogP contribution in [0.25, 0.3) is 0 Å². The van der Waals surface area contributed by atoms with Crippen molar-refractivity contribution in [1.82, 2.24) is 0 Å². The zero-order chi connectivity index (χ0) is 22.5. The van der Waals surface area contributed by atoms with E-state index in [2.05, 4.69) is 5.32 Å². The zero-order valence-electron chi connectivity index (χ0n) is 16.6. The van der Waals surface area contributed by atoms with Crippen molar-refractivity contribution in [1.29, 1.82) is 0 Å². The minimum Gasteiger partial charge on any atom is -0.496 e. The number of anilines is 1. The maximum Gasteiger partial charge on any atom is 0.266 e. The van der Waals surface area contributed by atoms with Crippen molar-refractivity contribution >= 4 is 21.4 Å². The highest BCUT2D eigenvalue weighted by Crippen LogP contribution is 2.28. The summed E-state index contributed by atoms with van der Waals surface area (Å²) in [6, 6.07) is 6.55. The van der Waals surface area contributed by atoms with Gasteiger partial charge in [-0.3, -0.25) is 4.79 Å². The molecule has 6 nitrogen and oxygen atoms in total. The van der Waals surface area contributed by atoms with E-state index in [4.69, 9.17) is 9.47 Å². The van der Waals surface area contributed by atoms with Gasteiger partial charge in [0.1, 0.15) is 11.6 Å². The fourth-order valence-electron chi connectivity index (χ4n) is 2.85. The van der Waals surface area contributed by atoms with E-state index in [-0.39, 0.29) is 40.2 Å². The van der Waals surface area contributed by atoms with Crippen LogP contribution in [0.5, 0.6) is 5.75 Å². The number of alkyl halides is 2. The van der Waals surface area contributed by atoms with Crippen LogP contribution in [0.2, 0.25) is 0 Å². The first-order chi connectivity index (χ1) is 14.1. The van der Waals surface area contributed by atoms with Gasteiger partial charge in [-0.2, -0.15) is 0 Å². The lowest BCUT2D eigenvalue weighted by atomic mass is 10.1. The average Bonchev–Trinajstić information content (AvgIpc) is 2.68. The van der Waals surface area contributed by atoms with Crippen LogP contribution in [0.4, 0.5) is 18.9 Å². The molecule has 1 atom stereocenters. The zero-order valence-corrected chi connectivity index (χ0v) is 17.4. The van der Waals surface area contributed by atoms with Crippen LogP contribution in [-0.2, 0) is 14.6 Å². The molecule has 0 unspecified atom stereocenters. The van der Waals surface area contributed by atoms with Crippen molar-refractivity contribution in [3.05, 3.63) is 53.3 Å². The van der Waals surface area contributed by atoms with Crippen LogP contribution in [0.15, 0.2) is 41.3 Å². The van der Waals surface area contributed by atoms with E-state index >= 15 is 0 Å². The molecular weight excluding hydrogens is 423 g/mol. The minimum atomic E-state index is -3.72. The van der Waals surface area contributed by atoms with Crippen molar-refractivity contribution in [2.75, 3.05) is 31.9 Å². The van der Waals surface area contributed by atoms with E-state index in [9.17, 15) is 26.4 Å². The number of hydrogen-bond acceptors (Lipinski definition) is 5. The highest BCUT2D eigenvalue weighted by Gasteiger charge is 2.23. The Labute approximate surface area is 172 Å². The second-order valence-electron chi connectivity index (χ2n) is 6.70. The number of sulfone groups is 1. The summed E-state index contributed by atoms with van der Waals surface area (Å²) < 4.78 is 74.6.